The van der Waals surface area contributed by atoms with Gasteiger partial charge in [0.25, 0.3) is 5.91 Å². The second-order valence-electron chi connectivity index (χ2n) is 8.12. The lowest BCUT2D eigenvalue weighted by atomic mass is 9.78. The van der Waals surface area contributed by atoms with E-state index in [2.05, 4.69) is 5.32 Å². The van der Waals surface area contributed by atoms with Crippen LogP contribution in [0.2, 0.25) is 0 Å². The Hall–Kier alpha value is -1.55. The van der Waals surface area contributed by atoms with Gasteiger partial charge in [0.15, 0.2) is 0 Å². The van der Waals surface area contributed by atoms with Crippen LogP contribution in [0.4, 0.5) is 0 Å². The van der Waals surface area contributed by atoms with Crippen LogP contribution in [0.5, 0.6) is 5.75 Å². The van der Waals surface area contributed by atoms with Crippen molar-refractivity contribution in [1.82, 2.24) is 10.2 Å². The van der Waals surface area contributed by atoms with Crippen molar-refractivity contribution in [2.24, 2.45) is 5.41 Å². The Labute approximate surface area is 150 Å². The molecule has 1 amide bonds. The van der Waals surface area contributed by atoms with E-state index in [4.69, 9.17) is 4.74 Å². The molecule has 3 fully saturated rings. The van der Waals surface area contributed by atoms with E-state index in [1.807, 2.05) is 29.2 Å². The number of hydrogen-bond acceptors (Lipinski definition) is 3. The molecule has 2 heterocycles. The number of benzene rings is 1. The summed E-state index contributed by atoms with van der Waals surface area (Å²) in [5, 5.41) is 3.48. The van der Waals surface area contributed by atoms with Gasteiger partial charge < -0.3 is 15.0 Å². The first-order valence-electron chi connectivity index (χ1n) is 10.0. The Morgan fingerprint density at radius 3 is 2.40 bits per heavy atom. The summed E-state index contributed by atoms with van der Waals surface area (Å²) >= 11 is 0. The zero-order valence-electron chi connectivity index (χ0n) is 15.1. The molecule has 3 aliphatic rings. The lowest BCUT2D eigenvalue weighted by Crippen LogP contribution is -2.44. The highest BCUT2D eigenvalue weighted by molar-refractivity contribution is 5.94. The molecule has 1 aliphatic carbocycles. The molecule has 1 spiro atoms. The Morgan fingerprint density at radius 1 is 1.04 bits per heavy atom. The average Bonchev–Trinajstić information content (AvgIpc) is 3.11. The largest absolute Gasteiger partial charge is 0.490 e. The fourth-order valence-electron chi connectivity index (χ4n) is 4.64. The Kier molecular flexibility index (Phi) is 4.98. The summed E-state index contributed by atoms with van der Waals surface area (Å²) < 4.78 is 6.07. The third-order valence-corrected chi connectivity index (χ3v) is 6.40. The lowest BCUT2D eigenvalue weighted by Gasteiger charge is -2.38. The summed E-state index contributed by atoms with van der Waals surface area (Å²) in [5.74, 6) is 1.07. The molecule has 4 rings (SSSR count). The summed E-state index contributed by atoms with van der Waals surface area (Å²) in [6.07, 6.45) is 10.1. The predicted molar refractivity (Wildman–Crippen MR) is 99.0 cm³/mol. The normalized spacial score (nSPS) is 23.8. The molecule has 1 N–H and O–H groups in total. The molecular weight excluding hydrogens is 312 g/mol. The number of carbonyl (C=O) groups is 1. The van der Waals surface area contributed by atoms with Crippen LogP contribution in [0.15, 0.2) is 24.3 Å². The molecule has 0 unspecified atom stereocenters. The first-order valence-corrected chi connectivity index (χ1v) is 10.0. The van der Waals surface area contributed by atoms with Crippen molar-refractivity contribution < 1.29 is 9.53 Å². The van der Waals surface area contributed by atoms with Gasteiger partial charge in [-0.25, -0.2) is 0 Å². The zero-order chi connectivity index (χ0) is 17.1. The third kappa shape index (κ3) is 3.84. The van der Waals surface area contributed by atoms with Crippen molar-refractivity contribution in [3.05, 3.63) is 29.8 Å². The van der Waals surface area contributed by atoms with Crippen molar-refractivity contribution in [1.29, 1.82) is 0 Å². The molecule has 0 bridgehead atoms. The van der Waals surface area contributed by atoms with E-state index in [1.54, 1.807) is 0 Å². The summed E-state index contributed by atoms with van der Waals surface area (Å²) in [6.45, 7) is 4.04. The van der Waals surface area contributed by atoms with Gasteiger partial charge in [0, 0.05) is 25.2 Å². The first-order chi connectivity index (χ1) is 12.2. The van der Waals surface area contributed by atoms with Gasteiger partial charge in [-0.1, -0.05) is 6.42 Å². The number of likely N-dealkylation sites (tertiary alicyclic amines) is 1. The minimum atomic E-state index is 0.171. The number of amides is 1. The summed E-state index contributed by atoms with van der Waals surface area (Å²) in [7, 11) is 0. The standard InChI is InChI=1S/C21H30N2O2/c24-20(23-14-11-21(12-15-23)10-13-22-16-21)17-6-8-19(9-7-17)25-18-4-2-1-3-5-18/h6-9,18,22H,1-5,10-16H2. The smallest absolute Gasteiger partial charge is 0.253 e. The quantitative estimate of drug-likeness (QED) is 0.912. The molecule has 2 aliphatic heterocycles. The molecule has 136 valence electrons. The van der Waals surface area contributed by atoms with Gasteiger partial charge in [0.1, 0.15) is 5.75 Å². The minimum absolute atomic E-state index is 0.171. The molecule has 25 heavy (non-hydrogen) atoms. The molecule has 1 aromatic carbocycles. The van der Waals surface area contributed by atoms with Gasteiger partial charge in [0.05, 0.1) is 6.10 Å². The maximum absolute atomic E-state index is 12.8. The van der Waals surface area contributed by atoms with E-state index in [9.17, 15) is 4.79 Å². The molecular formula is C21H30N2O2. The van der Waals surface area contributed by atoms with Gasteiger partial charge in [-0.3, -0.25) is 4.79 Å². The highest BCUT2D eigenvalue weighted by Crippen LogP contribution is 2.37. The molecule has 0 atom stereocenters. The van der Waals surface area contributed by atoms with Crippen LogP contribution in [0.25, 0.3) is 0 Å². The SMILES string of the molecule is O=C(c1ccc(OC2CCCCC2)cc1)N1CCC2(CCNC2)CC1. The third-order valence-electron chi connectivity index (χ3n) is 6.40. The number of nitrogens with zero attached hydrogens (tertiary/aromatic N) is 1. The van der Waals surface area contributed by atoms with Crippen LogP contribution in [0.1, 0.15) is 61.7 Å². The van der Waals surface area contributed by atoms with E-state index >= 15 is 0 Å². The Bertz CT molecular complexity index is 576. The number of piperidine rings is 1. The molecule has 1 saturated carbocycles. The molecule has 4 heteroatoms. The van der Waals surface area contributed by atoms with Gasteiger partial charge in [-0.15, -0.1) is 0 Å². The van der Waals surface area contributed by atoms with E-state index < -0.39 is 0 Å². The van der Waals surface area contributed by atoms with Crippen molar-refractivity contribution in [2.45, 2.75) is 57.5 Å². The molecule has 4 nitrogen and oxygen atoms in total. The van der Waals surface area contributed by atoms with Gasteiger partial charge in [-0.05, 0) is 81.2 Å². The van der Waals surface area contributed by atoms with Gasteiger partial charge in [0.2, 0.25) is 0 Å². The molecule has 0 aromatic heterocycles. The second-order valence-corrected chi connectivity index (χ2v) is 8.12. The van der Waals surface area contributed by atoms with E-state index in [-0.39, 0.29) is 5.91 Å². The van der Waals surface area contributed by atoms with Gasteiger partial charge in [-0.2, -0.15) is 0 Å². The highest BCUT2D eigenvalue weighted by Gasteiger charge is 2.38. The van der Waals surface area contributed by atoms with Crippen molar-refractivity contribution in [3.8, 4) is 5.75 Å². The second kappa shape index (κ2) is 7.36. The number of hydrogen-bond donors (Lipinski definition) is 1. The summed E-state index contributed by atoms with van der Waals surface area (Å²) in [6, 6.07) is 7.80. The molecule has 0 radical (unpaired) electrons. The average molecular weight is 342 g/mol. The van der Waals surface area contributed by atoms with Crippen molar-refractivity contribution in [2.75, 3.05) is 26.2 Å². The monoisotopic (exact) mass is 342 g/mol. The highest BCUT2D eigenvalue weighted by atomic mass is 16.5. The van der Waals surface area contributed by atoms with Crippen LogP contribution in [-0.4, -0.2) is 43.1 Å². The molecule has 1 aromatic rings. The van der Waals surface area contributed by atoms with E-state index in [1.165, 1.54) is 25.7 Å². The maximum Gasteiger partial charge on any atom is 0.253 e. The fourth-order valence-corrected chi connectivity index (χ4v) is 4.64. The summed E-state index contributed by atoms with van der Waals surface area (Å²) in [5.41, 5.74) is 1.24. The maximum atomic E-state index is 12.8. The van der Waals surface area contributed by atoms with E-state index in [0.717, 1.165) is 63.2 Å². The van der Waals surface area contributed by atoms with Crippen molar-refractivity contribution >= 4 is 5.91 Å². The van der Waals surface area contributed by atoms with Crippen LogP contribution in [0.3, 0.4) is 0 Å². The topological polar surface area (TPSA) is 41.6 Å². The molecule has 2 saturated heterocycles. The van der Waals surface area contributed by atoms with Crippen LogP contribution < -0.4 is 10.1 Å². The predicted octanol–water partition coefficient (Wildman–Crippen LogP) is 3.61. The summed E-state index contributed by atoms with van der Waals surface area (Å²) in [4.78, 5) is 14.8. The number of carbonyl (C=O) groups excluding carboxylic acids is 1. The van der Waals surface area contributed by atoms with Crippen LogP contribution >= 0.6 is 0 Å². The zero-order valence-corrected chi connectivity index (χ0v) is 15.1. The fraction of sp³-hybridized carbons (Fsp3) is 0.667. The van der Waals surface area contributed by atoms with Crippen LogP contribution in [0, 0.1) is 5.41 Å². The number of ether oxygens (including phenoxy) is 1. The Balaban J connectivity index is 1.33. The van der Waals surface area contributed by atoms with Crippen LogP contribution in [-0.2, 0) is 0 Å². The lowest BCUT2D eigenvalue weighted by molar-refractivity contribution is 0.0607. The number of rotatable bonds is 3. The first kappa shape index (κ1) is 16.9. The minimum Gasteiger partial charge on any atom is -0.490 e. The van der Waals surface area contributed by atoms with Gasteiger partial charge >= 0.3 is 0 Å². The van der Waals surface area contributed by atoms with Crippen molar-refractivity contribution in [3.63, 3.8) is 0 Å². The Morgan fingerprint density at radius 2 is 1.76 bits per heavy atom. The number of nitrogens with one attached hydrogen (secondary N) is 1. The van der Waals surface area contributed by atoms with E-state index in [0.29, 0.717) is 11.5 Å².